The Hall–Kier alpha value is -9.04. The van der Waals surface area contributed by atoms with Gasteiger partial charge in [-0.15, -0.1) is 40.8 Å². The van der Waals surface area contributed by atoms with Gasteiger partial charge in [0.1, 0.15) is 54.7 Å². The van der Waals surface area contributed by atoms with E-state index >= 15 is 0 Å². The summed E-state index contributed by atoms with van der Waals surface area (Å²) in [6.45, 7) is 51.7. The summed E-state index contributed by atoms with van der Waals surface area (Å²) in [5.74, 6) is 12.6. The molecule has 9 fully saturated rings. The van der Waals surface area contributed by atoms with E-state index in [1.54, 1.807) is 12.5 Å². The fourth-order valence-electron chi connectivity index (χ4n) is 13.9. The number of imidazole rings is 3. The second kappa shape index (κ2) is 43.3. The summed E-state index contributed by atoms with van der Waals surface area (Å²) in [6, 6.07) is 4.66. The highest BCUT2D eigenvalue weighted by Gasteiger charge is 2.35. The van der Waals surface area contributed by atoms with E-state index < -0.39 is 0 Å². The molecule has 0 aromatic carbocycles. The van der Waals surface area contributed by atoms with E-state index in [0.717, 1.165) is 76.2 Å². The number of aromatic nitrogens is 24. The first-order valence-corrected chi connectivity index (χ1v) is 44.8. The topological polar surface area (TPSA) is 285 Å². The van der Waals surface area contributed by atoms with Crippen LogP contribution in [0.1, 0.15) is 481 Å². The molecule has 9 aliphatic carbocycles. The second-order valence-electron chi connectivity index (χ2n) is 37.3. The quantitative estimate of drug-likeness (QED) is 0.0646. The Bertz CT molecular complexity index is 3540. The highest BCUT2D eigenvalue weighted by Crippen LogP contribution is 2.47. The molecule has 9 saturated carbocycles. The zero-order valence-corrected chi connectivity index (χ0v) is 76.0. The maximum absolute atomic E-state index is 5.18. The summed E-state index contributed by atoms with van der Waals surface area (Å²) in [6.07, 6.45) is 52.1. The third-order valence-electron chi connectivity index (χ3n) is 22.1. The Morgan fingerprint density at radius 2 is 0.737 bits per heavy atom. The van der Waals surface area contributed by atoms with Crippen LogP contribution in [0.15, 0.2) is 107 Å². The fraction of sp³-hybridized carbons (Fsp3) is 0.692. The van der Waals surface area contributed by atoms with Gasteiger partial charge in [0.15, 0.2) is 0 Å². The van der Waals surface area contributed by atoms with Gasteiger partial charge < -0.3 is 41.0 Å². The molecule has 0 spiro atoms. The lowest BCUT2D eigenvalue weighted by atomic mass is 10.0. The largest absolute Gasteiger partial charge is 0.364 e. The predicted molar refractivity (Wildman–Crippen MR) is 464 cm³/mol. The first-order chi connectivity index (χ1) is 56.5. The van der Waals surface area contributed by atoms with Gasteiger partial charge in [-0.1, -0.05) is 123 Å². The summed E-state index contributed by atoms with van der Waals surface area (Å²) >= 11 is 0. The third kappa shape index (κ3) is 27.5. The van der Waals surface area contributed by atoms with Gasteiger partial charge in [-0.25, -0.2) is 24.3 Å². The predicted octanol–water partition coefficient (Wildman–Crippen LogP) is 23.1. The fourth-order valence-corrected chi connectivity index (χ4v) is 13.9. The van der Waals surface area contributed by atoms with Crippen molar-refractivity contribution in [3.05, 3.63) is 168 Å². The van der Waals surface area contributed by atoms with Gasteiger partial charge in [0.2, 0.25) is 0 Å². The molecule has 11 heterocycles. The molecule has 118 heavy (non-hydrogen) atoms. The van der Waals surface area contributed by atoms with Crippen molar-refractivity contribution in [3.63, 3.8) is 0 Å². The SMILES string of the molecule is CC(C)c1cncn1C1CC1.CC(C)c1nncn1C(C)C.CC(C)c1nncn1C1CC1.CC(C)c1nncn1C1CC1.CC(C)c1nocc1C1CC1.CC(C)c1nocc1C1CC1.CC(C)c1oncc1C1CC1.CC(C)n1ccnc1.CC(C)n1cncc1C1CC1.CC(C)n1nncc1C1CC1.CC(C)n1nncc1C1CC1. The van der Waals surface area contributed by atoms with Gasteiger partial charge in [-0.05, 0) is 220 Å². The normalized spacial score (nSPS) is 16.6. The molecule has 0 amide bonds. The first kappa shape index (κ1) is 91.3. The van der Waals surface area contributed by atoms with Crippen LogP contribution in [0.5, 0.6) is 0 Å². The lowest BCUT2D eigenvalue weighted by Gasteiger charge is -2.11. The van der Waals surface area contributed by atoms with Crippen LogP contribution in [0.25, 0.3) is 0 Å². The molecular formula is C91H144N24O3. The van der Waals surface area contributed by atoms with Crippen molar-refractivity contribution in [1.29, 1.82) is 0 Å². The summed E-state index contributed by atoms with van der Waals surface area (Å²) in [4.78, 5) is 12.2. The first-order valence-electron chi connectivity index (χ1n) is 44.8. The van der Waals surface area contributed by atoms with Crippen molar-refractivity contribution in [2.45, 2.75) is 407 Å². The summed E-state index contributed by atoms with van der Waals surface area (Å²) in [5, 5.41) is 51.7. The Morgan fingerprint density at radius 1 is 0.322 bits per heavy atom. The molecule has 27 heteroatoms. The zero-order valence-electron chi connectivity index (χ0n) is 76.0. The molecule has 0 N–H and O–H groups in total. The monoisotopic (exact) mass is 1620 g/mol. The van der Waals surface area contributed by atoms with Crippen molar-refractivity contribution >= 4 is 0 Å². The minimum atomic E-state index is 0.452. The molecule has 11 aromatic rings. The van der Waals surface area contributed by atoms with Crippen LogP contribution in [0, 0.1) is 0 Å². The average molecular weight is 1620 g/mol. The minimum Gasteiger partial charge on any atom is -0.364 e. The van der Waals surface area contributed by atoms with E-state index in [4.69, 9.17) is 13.6 Å². The molecule has 0 radical (unpaired) electrons. The molecule has 0 bridgehead atoms. The molecule has 0 unspecified atom stereocenters. The molecule has 20 rings (SSSR count). The van der Waals surface area contributed by atoms with Crippen molar-refractivity contribution in [2.75, 3.05) is 0 Å². The zero-order chi connectivity index (χ0) is 85.0. The molecule has 0 aliphatic heterocycles. The highest BCUT2D eigenvalue weighted by molar-refractivity contribution is 5.28. The molecular weight excluding hydrogens is 1480 g/mol. The number of nitrogens with zero attached hydrogens (tertiary/aromatic N) is 24. The van der Waals surface area contributed by atoms with Crippen LogP contribution in [0.4, 0.5) is 0 Å². The van der Waals surface area contributed by atoms with Crippen molar-refractivity contribution < 1.29 is 13.6 Å². The van der Waals surface area contributed by atoms with Crippen LogP contribution in [-0.4, -0.2) is 118 Å². The molecule has 0 saturated heterocycles. The van der Waals surface area contributed by atoms with Crippen molar-refractivity contribution in [3.8, 4) is 0 Å². The van der Waals surface area contributed by atoms with Crippen LogP contribution >= 0.6 is 0 Å². The van der Waals surface area contributed by atoms with Crippen LogP contribution in [0.3, 0.4) is 0 Å². The van der Waals surface area contributed by atoms with Crippen LogP contribution < -0.4 is 0 Å². The van der Waals surface area contributed by atoms with Gasteiger partial charge in [0.05, 0.1) is 60.3 Å². The van der Waals surface area contributed by atoms with Gasteiger partial charge in [-0.3, -0.25) is 0 Å². The third-order valence-corrected chi connectivity index (χ3v) is 22.1. The highest BCUT2D eigenvalue weighted by atomic mass is 16.5. The van der Waals surface area contributed by atoms with Crippen molar-refractivity contribution in [2.24, 2.45) is 0 Å². The van der Waals surface area contributed by atoms with Gasteiger partial charge in [-0.2, -0.15) is 0 Å². The summed E-state index contributed by atoms with van der Waals surface area (Å²) < 4.78 is 32.3. The Kier molecular flexibility index (Phi) is 33.5. The van der Waals surface area contributed by atoms with E-state index in [1.807, 2.05) is 90.7 Å². The lowest BCUT2D eigenvalue weighted by molar-refractivity contribution is 0.369. The lowest BCUT2D eigenvalue weighted by Crippen LogP contribution is -2.06. The maximum atomic E-state index is 5.18. The summed E-state index contributed by atoms with van der Waals surface area (Å²) in [5.41, 5.74) is 11.8. The van der Waals surface area contributed by atoms with Gasteiger partial charge >= 0.3 is 0 Å². The number of rotatable bonds is 21. The molecule has 9 aliphatic rings. The number of hydrogen-bond acceptors (Lipinski definition) is 19. The number of hydrogen-bond donors (Lipinski definition) is 0. The Labute approximate surface area is 703 Å². The van der Waals surface area contributed by atoms with Crippen molar-refractivity contribution in [1.82, 2.24) is 118 Å². The van der Waals surface area contributed by atoms with Crippen LogP contribution in [0.2, 0.25) is 0 Å². The standard InChI is InChI=1S/2C9H14N2.3C9H13NO.4C8H13N3.C8H15N3.C6H10N2/c1-7(2)11-6-10-5-9(11)8-3-4-8;1-7(2)9-5-10-6-11(9)8-3-4-8;2*1-6(2)9-8(5-11-10-9)7-3-4-7;1-6(2)9-8(5-10-11-9)7-3-4-7;2*1-6(2)8-10-9-5-11(8)7-3-4-7;2*1-6(2)11-8(5-9-10-11)7-3-4-7;1-6(2)8-10-9-5-11(8)7(3)4;1-6(2)8-4-3-7-5-8/h2*5-8H,3-4H2,1-2H3;7*5-7H,3-4H2,1-2H3;5-7H,1-4H3;3-6H,1-2H3. The van der Waals surface area contributed by atoms with Crippen LogP contribution in [-0.2, 0) is 0 Å². The molecule has 11 aromatic heterocycles. The maximum Gasteiger partial charge on any atom is 0.142 e. The molecule has 27 nitrogen and oxygen atoms in total. The average Bonchev–Trinajstić information content (AvgIpc) is 1.71. The van der Waals surface area contributed by atoms with Gasteiger partial charge in [0, 0.05) is 143 Å². The van der Waals surface area contributed by atoms with E-state index in [2.05, 4.69) is 275 Å². The second-order valence-corrected chi connectivity index (χ2v) is 37.3. The molecule has 646 valence electrons. The van der Waals surface area contributed by atoms with Gasteiger partial charge in [0.25, 0.3) is 0 Å². The molecule has 0 atom stereocenters. The Morgan fingerprint density at radius 3 is 1.09 bits per heavy atom. The van der Waals surface area contributed by atoms with E-state index in [0.29, 0.717) is 83.7 Å². The smallest absolute Gasteiger partial charge is 0.142 e. The van der Waals surface area contributed by atoms with E-state index in [1.165, 1.54) is 155 Å². The van der Waals surface area contributed by atoms with E-state index in [9.17, 15) is 0 Å². The van der Waals surface area contributed by atoms with E-state index in [-0.39, 0.29) is 0 Å². The Balaban J connectivity index is 0.000000137. The minimum absolute atomic E-state index is 0.452. The summed E-state index contributed by atoms with van der Waals surface area (Å²) in [7, 11) is 0.